The number of carbonyl (C=O) groups is 1. The van der Waals surface area contributed by atoms with Gasteiger partial charge in [0.05, 0.1) is 7.11 Å². The number of hydrogen-bond donors (Lipinski definition) is 2. The van der Waals surface area contributed by atoms with Gasteiger partial charge in [0.2, 0.25) is 0 Å². The summed E-state index contributed by atoms with van der Waals surface area (Å²) < 4.78 is 6.11. The maximum Gasteiger partial charge on any atom is 0.343 e. The van der Waals surface area contributed by atoms with Gasteiger partial charge in [0, 0.05) is 12.8 Å². The van der Waals surface area contributed by atoms with E-state index >= 15 is 0 Å². The first-order valence-electron chi connectivity index (χ1n) is 4.96. The predicted molar refractivity (Wildman–Crippen MR) is 64.0 cm³/mol. The fourth-order valence-electron chi connectivity index (χ4n) is 1.13. The van der Waals surface area contributed by atoms with Crippen molar-refractivity contribution >= 4 is 17.7 Å². The van der Waals surface area contributed by atoms with Gasteiger partial charge in [-0.3, -0.25) is 9.36 Å². The lowest BCUT2D eigenvalue weighted by atomic mass is 10.1. The summed E-state index contributed by atoms with van der Waals surface area (Å²) >= 11 is 1.30. The molecule has 0 saturated carbocycles. The summed E-state index contributed by atoms with van der Waals surface area (Å²) in [5, 5.41) is 9.61. The minimum atomic E-state index is -0.811. The van der Waals surface area contributed by atoms with Crippen LogP contribution in [0.4, 0.5) is 0 Å². The molecular weight excluding hydrogens is 244 g/mol. The van der Waals surface area contributed by atoms with Gasteiger partial charge in [-0.25, -0.2) is 9.89 Å². The van der Waals surface area contributed by atoms with Crippen molar-refractivity contribution in [3.05, 3.63) is 10.5 Å². The van der Waals surface area contributed by atoms with Crippen LogP contribution < -0.4 is 11.0 Å². The van der Waals surface area contributed by atoms with E-state index in [9.17, 15) is 9.59 Å². The van der Waals surface area contributed by atoms with E-state index in [-0.39, 0.29) is 11.7 Å². The Morgan fingerprint density at radius 1 is 1.71 bits per heavy atom. The van der Waals surface area contributed by atoms with Gasteiger partial charge in [0.1, 0.15) is 5.54 Å². The number of rotatable bonds is 5. The first-order valence-corrected chi connectivity index (χ1v) is 5.94. The minimum Gasteiger partial charge on any atom is -0.468 e. The molecule has 1 aromatic rings. The van der Waals surface area contributed by atoms with E-state index in [1.807, 2.05) is 0 Å². The van der Waals surface area contributed by atoms with E-state index in [1.54, 1.807) is 21.0 Å². The summed E-state index contributed by atoms with van der Waals surface area (Å²) in [5.41, 5.74) is -1.09. The molecule has 0 saturated heterocycles. The summed E-state index contributed by atoms with van der Waals surface area (Å²) in [4.78, 5) is 22.7. The molecule has 1 unspecified atom stereocenters. The molecular formula is C9H16N4O3S. The molecule has 17 heavy (non-hydrogen) atoms. The Morgan fingerprint density at radius 2 is 2.35 bits per heavy atom. The second-order valence-corrected chi connectivity index (χ2v) is 4.68. The predicted octanol–water partition coefficient (Wildman–Crippen LogP) is -0.648. The molecule has 1 aromatic heterocycles. The number of nitrogens with one attached hydrogen (secondary N) is 2. The van der Waals surface area contributed by atoms with Crippen molar-refractivity contribution in [3.63, 3.8) is 0 Å². The molecule has 0 radical (unpaired) electrons. The van der Waals surface area contributed by atoms with Gasteiger partial charge in [-0.05, 0) is 14.0 Å². The third-order valence-corrected chi connectivity index (χ3v) is 3.86. The number of H-pyrrole nitrogens is 1. The van der Waals surface area contributed by atoms with Crippen LogP contribution in [0.5, 0.6) is 0 Å². The monoisotopic (exact) mass is 260 g/mol. The highest BCUT2D eigenvalue weighted by Crippen LogP contribution is 2.20. The SMILES string of the molecule is CNC(C)(CSc1n[nH]c(=O)n1C)C(=O)OC. The third kappa shape index (κ3) is 2.89. The Kier molecular flexibility index (Phi) is 4.35. The second-order valence-electron chi connectivity index (χ2n) is 3.73. The highest BCUT2D eigenvalue weighted by atomic mass is 32.2. The first-order chi connectivity index (χ1) is 7.94. The third-order valence-electron chi connectivity index (χ3n) is 2.52. The molecule has 0 spiro atoms. The molecule has 0 fully saturated rings. The number of thioether (sulfide) groups is 1. The number of aromatic nitrogens is 3. The molecule has 0 amide bonds. The number of hydrogen-bond acceptors (Lipinski definition) is 6. The summed E-state index contributed by atoms with van der Waals surface area (Å²) in [5.74, 6) is 0.0573. The summed E-state index contributed by atoms with van der Waals surface area (Å²) in [6.07, 6.45) is 0. The zero-order valence-corrected chi connectivity index (χ0v) is 11.1. The van der Waals surface area contributed by atoms with Crippen molar-refractivity contribution in [1.82, 2.24) is 20.1 Å². The Hall–Kier alpha value is -1.28. The van der Waals surface area contributed by atoms with E-state index in [0.29, 0.717) is 10.9 Å². The molecule has 8 heteroatoms. The fourth-order valence-corrected chi connectivity index (χ4v) is 2.20. The summed E-state index contributed by atoms with van der Waals surface area (Å²) in [6.45, 7) is 1.73. The van der Waals surface area contributed by atoms with E-state index < -0.39 is 5.54 Å². The van der Waals surface area contributed by atoms with Crippen molar-refractivity contribution in [1.29, 1.82) is 0 Å². The van der Waals surface area contributed by atoms with Gasteiger partial charge in [0.25, 0.3) is 0 Å². The molecule has 1 heterocycles. The van der Waals surface area contributed by atoms with Crippen LogP contribution in [0.2, 0.25) is 0 Å². The largest absolute Gasteiger partial charge is 0.468 e. The lowest BCUT2D eigenvalue weighted by Crippen LogP contribution is -2.50. The van der Waals surface area contributed by atoms with Crippen LogP contribution in [0.1, 0.15) is 6.92 Å². The standard InChI is InChI=1S/C9H16N4O3S/c1-9(10-2,6(14)16-4)5-17-8-12-11-7(15)13(8)3/h10H,5H2,1-4H3,(H,11,15). The van der Waals surface area contributed by atoms with Gasteiger partial charge < -0.3 is 10.1 Å². The van der Waals surface area contributed by atoms with Crippen molar-refractivity contribution in [2.45, 2.75) is 17.6 Å². The molecule has 1 atom stereocenters. The van der Waals surface area contributed by atoms with Crippen LogP contribution in [0.15, 0.2) is 9.95 Å². The zero-order chi connectivity index (χ0) is 13.1. The van der Waals surface area contributed by atoms with E-state index in [1.165, 1.54) is 23.4 Å². The number of carbonyl (C=O) groups excluding carboxylic acids is 1. The maximum absolute atomic E-state index is 11.6. The molecule has 1 rings (SSSR count). The topological polar surface area (TPSA) is 89.0 Å². The Labute approximate surface area is 103 Å². The average molecular weight is 260 g/mol. The fraction of sp³-hybridized carbons (Fsp3) is 0.667. The minimum absolute atomic E-state index is 0.281. The maximum atomic E-state index is 11.6. The Bertz CT molecular complexity index is 455. The average Bonchev–Trinajstić information content (AvgIpc) is 2.66. The van der Waals surface area contributed by atoms with Gasteiger partial charge in [0.15, 0.2) is 5.16 Å². The number of ether oxygens (including phenoxy) is 1. The summed E-state index contributed by atoms with van der Waals surface area (Å²) in [7, 11) is 4.64. The number of nitrogens with zero attached hydrogens (tertiary/aromatic N) is 2. The molecule has 0 aliphatic rings. The van der Waals surface area contributed by atoms with E-state index in [2.05, 4.69) is 15.5 Å². The lowest BCUT2D eigenvalue weighted by molar-refractivity contribution is -0.146. The van der Waals surface area contributed by atoms with Gasteiger partial charge in [-0.1, -0.05) is 11.8 Å². The smallest absolute Gasteiger partial charge is 0.343 e. The molecule has 0 aliphatic carbocycles. The quantitative estimate of drug-likeness (QED) is 0.540. The van der Waals surface area contributed by atoms with Crippen molar-refractivity contribution in [3.8, 4) is 0 Å². The number of aromatic amines is 1. The Balaban J connectivity index is 2.75. The Morgan fingerprint density at radius 3 is 2.76 bits per heavy atom. The summed E-state index contributed by atoms with van der Waals surface area (Å²) in [6, 6.07) is 0. The van der Waals surface area contributed by atoms with Gasteiger partial charge >= 0.3 is 11.7 Å². The number of esters is 1. The van der Waals surface area contributed by atoms with Crippen LogP contribution in [-0.4, -0.2) is 46.2 Å². The van der Waals surface area contributed by atoms with E-state index in [0.717, 1.165) is 0 Å². The van der Waals surface area contributed by atoms with Crippen molar-refractivity contribution in [2.75, 3.05) is 19.9 Å². The van der Waals surface area contributed by atoms with Gasteiger partial charge in [-0.2, -0.15) is 0 Å². The highest BCUT2D eigenvalue weighted by Gasteiger charge is 2.33. The molecule has 0 aromatic carbocycles. The van der Waals surface area contributed by atoms with Crippen LogP contribution in [0.25, 0.3) is 0 Å². The van der Waals surface area contributed by atoms with Gasteiger partial charge in [-0.15, -0.1) is 5.10 Å². The second kappa shape index (κ2) is 5.37. The normalized spacial score (nSPS) is 14.4. The van der Waals surface area contributed by atoms with Crippen LogP contribution in [0, 0.1) is 0 Å². The molecule has 2 N–H and O–H groups in total. The molecule has 96 valence electrons. The molecule has 0 aliphatic heterocycles. The van der Waals surface area contributed by atoms with E-state index in [4.69, 9.17) is 4.74 Å². The van der Waals surface area contributed by atoms with Crippen LogP contribution in [-0.2, 0) is 16.6 Å². The molecule has 7 nitrogen and oxygen atoms in total. The number of methoxy groups -OCH3 is 1. The number of likely N-dealkylation sites (N-methyl/N-ethyl adjacent to an activating group) is 1. The van der Waals surface area contributed by atoms with Crippen molar-refractivity contribution in [2.24, 2.45) is 7.05 Å². The van der Waals surface area contributed by atoms with Crippen LogP contribution >= 0.6 is 11.8 Å². The zero-order valence-electron chi connectivity index (χ0n) is 10.2. The lowest BCUT2D eigenvalue weighted by Gasteiger charge is -2.25. The van der Waals surface area contributed by atoms with Crippen LogP contribution in [0.3, 0.4) is 0 Å². The molecule has 0 bridgehead atoms. The highest BCUT2D eigenvalue weighted by molar-refractivity contribution is 7.99. The van der Waals surface area contributed by atoms with Crippen molar-refractivity contribution < 1.29 is 9.53 Å². The first kappa shape index (κ1) is 13.8.